The van der Waals surface area contributed by atoms with Crippen LogP contribution in [0.4, 0.5) is 11.4 Å². The molecule has 2 amide bonds. The van der Waals surface area contributed by atoms with Gasteiger partial charge in [0.05, 0.1) is 19.9 Å². The number of aryl methyl sites for hydroxylation is 2. The van der Waals surface area contributed by atoms with E-state index in [2.05, 4.69) is 10.6 Å². The van der Waals surface area contributed by atoms with Crippen LogP contribution in [0.2, 0.25) is 0 Å². The molecule has 3 rings (SSSR count). The maximum absolute atomic E-state index is 12.6. The fourth-order valence-electron chi connectivity index (χ4n) is 3.14. The molecule has 0 atom stereocenters. The van der Waals surface area contributed by atoms with Gasteiger partial charge < -0.3 is 20.1 Å². The van der Waals surface area contributed by atoms with Gasteiger partial charge >= 0.3 is 0 Å². The van der Waals surface area contributed by atoms with Crippen molar-refractivity contribution in [2.75, 3.05) is 24.9 Å². The summed E-state index contributed by atoms with van der Waals surface area (Å²) in [6, 6.07) is 20.1. The molecule has 0 radical (unpaired) electrons. The van der Waals surface area contributed by atoms with Crippen molar-refractivity contribution in [3.05, 3.63) is 83.4 Å². The molecule has 0 heterocycles. The van der Waals surface area contributed by atoms with E-state index in [1.54, 1.807) is 31.4 Å². The first-order chi connectivity index (χ1) is 15.0. The Bertz CT molecular complexity index is 1060. The summed E-state index contributed by atoms with van der Waals surface area (Å²) in [6.07, 6.45) is 0.951. The molecular weight excluding hydrogens is 392 g/mol. The Morgan fingerprint density at radius 3 is 2.32 bits per heavy atom. The van der Waals surface area contributed by atoms with Crippen LogP contribution in [0.1, 0.15) is 27.9 Å². The van der Waals surface area contributed by atoms with E-state index in [4.69, 9.17) is 9.47 Å². The van der Waals surface area contributed by atoms with E-state index in [-0.39, 0.29) is 11.8 Å². The van der Waals surface area contributed by atoms with Gasteiger partial charge in [0.15, 0.2) is 0 Å². The van der Waals surface area contributed by atoms with Gasteiger partial charge in [-0.15, -0.1) is 0 Å². The van der Waals surface area contributed by atoms with Gasteiger partial charge in [0.1, 0.15) is 11.5 Å². The zero-order chi connectivity index (χ0) is 22.2. The third-order valence-electron chi connectivity index (χ3n) is 4.81. The molecule has 0 saturated carbocycles. The van der Waals surface area contributed by atoms with E-state index in [1.807, 2.05) is 49.4 Å². The minimum atomic E-state index is -0.245. The van der Waals surface area contributed by atoms with Crippen LogP contribution in [0.3, 0.4) is 0 Å². The fourth-order valence-corrected chi connectivity index (χ4v) is 3.14. The fraction of sp³-hybridized carbons (Fsp3) is 0.200. The highest BCUT2D eigenvalue weighted by Crippen LogP contribution is 2.28. The highest BCUT2D eigenvalue weighted by atomic mass is 16.5. The lowest BCUT2D eigenvalue weighted by molar-refractivity contribution is -0.116. The highest BCUT2D eigenvalue weighted by Gasteiger charge is 2.12. The molecule has 0 aliphatic rings. The molecule has 0 aromatic heterocycles. The summed E-state index contributed by atoms with van der Waals surface area (Å²) < 4.78 is 10.5. The van der Waals surface area contributed by atoms with Crippen LogP contribution in [0.15, 0.2) is 66.7 Å². The third kappa shape index (κ3) is 6.09. The predicted molar refractivity (Wildman–Crippen MR) is 122 cm³/mol. The van der Waals surface area contributed by atoms with Gasteiger partial charge in [-0.2, -0.15) is 0 Å². The topological polar surface area (TPSA) is 76.7 Å². The van der Waals surface area contributed by atoms with E-state index >= 15 is 0 Å². The Morgan fingerprint density at radius 1 is 0.871 bits per heavy atom. The summed E-state index contributed by atoms with van der Waals surface area (Å²) in [5.41, 5.74) is 3.67. The normalized spacial score (nSPS) is 10.3. The van der Waals surface area contributed by atoms with Crippen LogP contribution >= 0.6 is 0 Å². The average Bonchev–Trinajstić information content (AvgIpc) is 2.78. The first-order valence-corrected chi connectivity index (χ1v) is 9.97. The minimum Gasteiger partial charge on any atom is -0.497 e. The summed E-state index contributed by atoms with van der Waals surface area (Å²) >= 11 is 0. The first kappa shape index (κ1) is 21.9. The van der Waals surface area contributed by atoms with E-state index in [0.29, 0.717) is 35.5 Å². The summed E-state index contributed by atoms with van der Waals surface area (Å²) in [7, 11) is 3.15. The monoisotopic (exact) mass is 418 g/mol. The van der Waals surface area contributed by atoms with Gasteiger partial charge in [-0.3, -0.25) is 9.59 Å². The number of anilines is 2. The zero-order valence-corrected chi connectivity index (χ0v) is 17.9. The van der Waals surface area contributed by atoms with Crippen molar-refractivity contribution in [1.29, 1.82) is 0 Å². The summed E-state index contributed by atoms with van der Waals surface area (Å²) in [5.74, 6) is 0.936. The number of carbonyl (C=O) groups is 2. The molecule has 0 bridgehead atoms. The van der Waals surface area contributed by atoms with Crippen LogP contribution in [-0.2, 0) is 11.2 Å². The molecule has 6 heteroatoms. The van der Waals surface area contributed by atoms with E-state index < -0.39 is 0 Å². The van der Waals surface area contributed by atoms with Crippen LogP contribution < -0.4 is 20.1 Å². The van der Waals surface area contributed by atoms with Crippen molar-refractivity contribution in [3.8, 4) is 11.5 Å². The predicted octanol–water partition coefficient (Wildman–Crippen LogP) is 4.84. The lowest BCUT2D eigenvalue weighted by Gasteiger charge is -2.13. The number of hydrogen-bond donors (Lipinski definition) is 2. The van der Waals surface area contributed by atoms with Crippen LogP contribution in [0, 0.1) is 6.92 Å². The Labute approximate surface area is 182 Å². The second kappa shape index (κ2) is 10.3. The Morgan fingerprint density at radius 2 is 1.65 bits per heavy atom. The largest absolute Gasteiger partial charge is 0.497 e. The third-order valence-corrected chi connectivity index (χ3v) is 4.81. The molecule has 0 aliphatic heterocycles. The zero-order valence-electron chi connectivity index (χ0n) is 17.9. The summed E-state index contributed by atoms with van der Waals surface area (Å²) in [4.78, 5) is 25.0. The molecule has 3 aromatic rings. The van der Waals surface area contributed by atoms with Gasteiger partial charge in [-0.05, 0) is 61.4 Å². The molecule has 0 fully saturated rings. The number of benzene rings is 3. The Kier molecular flexibility index (Phi) is 7.27. The van der Waals surface area contributed by atoms with Gasteiger partial charge in [0, 0.05) is 17.7 Å². The van der Waals surface area contributed by atoms with E-state index in [0.717, 1.165) is 16.9 Å². The number of amides is 2. The van der Waals surface area contributed by atoms with Crippen LogP contribution in [-0.4, -0.2) is 26.0 Å². The molecule has 2 N–H and O–H groups in total. The van der Waals surface area contributed by atoms with Crippen molar-refractivity contribution < 1.29 is 19.1 Å². The Hall–Kier alpha value is -3.80. The van der Waals surface area contributed by atoms with E-state index in [1.165, 1.54) is 7.11 Å². The van der Waals surface area contributed by atoms with Gasteiger partial charge in [-0.1, -0.05) is 29.8 Å². The Balaban J connectivity index is 1.64. The molecule has 0 saturated heterocycles. The molecule has 0 spiro atoms. The van der Waals surface area contributed by atoms with Crippen molar-refractivity contribution in [1.82, 2.24) is 0 Å². The minimum absolute atomic E-state index is 0.114. The number of nitrogens with one attached hydrogen (secondary N) is 2. The summed E-state index contributed by atoms with van der Waals surface area (Å²) in [6.45, 7) is 1.93. The van der Waals surface area contributed by atoms with Gasteiger partial charge in [0.2, 0.25) is 5.91 Å². The smallest absolute Gasteiger partial charge is 0.255 e. The lowest BCUT2D eigenvalue weighted by atomic mass is 10.1. The SMILES string of the molecule is COc1ccc(CCC(=O)Nc2ccc(OC)c(NC(=O)c3cccc(C)c3)c2)cc1. The lowest BCUT2D eigenvalue weighted by Crippen LogP contribution is -2.15. The standard InChI is InChI=1S/C25H26N2O4/c1-17-5-4-6-19(15-17)25(29)27-22-16-20(10-13-23(22)31-3)26-24(28)14-9-18-7-11-21(30-2)12-8-18/h4-8,10-13,15-16H,9,14H2,1-3H3,(H,26,28)(H,27,29). The second-order valence-corrected chi connectivity index (χ2v) is 7.13. The second-order valence-electron chi connectivity index (χ2n) is 7.13. The van der Waals surface area contributed by atoms with Crippen molar-refractivity contribution in [2.45, 2.75) is 19.8 Å². The van der Waals surface area contributed by atoms with Crippen LogP contribution in [0.25, 0.3) is 0 Å². The number of hydrogen-bond acceptors (Lipinski definition) is 4. The average molecular weight is 418 g/mol. The molecule has 160 valence electrons. The van der Waals surface area contributed by atoms with Crippen molar-refractivity contribution >= 4 is 23.2 Å². The molecular formula is C25H26N2O4. The van der Waals surface area contributed by atoms with Gasteiger partial charge in [0.25, 0.3) is 5.91 Å². The van der Waals surface area contributed by atoms with E-state index in [9.17, 15) is 9.59 Å². The van der Waals surface area contributed by atoms with Gasteiger partial charge in [-0.25, -0.2) is 0 Å². The summed E-state index contributed by atoms with van der Waals surface area (Å²) in [5, 5.41) is 5.74. The molecule has 0 aliphatic carbocycles. The van der Waals surface area contributed by atoms with Crippen LogP contribution in [0.5, 0.6) is 11.5 Å². The molecule has 31 heavy (non-hydrogen) atoms. The maximum atomic E-state index is 12.6. The first-order valence-electron chi connectivity index (χ1n) is 9.97. The number of rotatable bonds is 8. The molecule has 0 unspecified atom stereocenters. The number of methoxy groups -OCH3 is 2. The number of carbonyl (C=O) groups excluding carboxylic acids is 2. The maximum Gasteiger partial charge on any atom is 0.255 e. The van der Waals surface area contributed by atoms with Crippen molar-refractivity contribution in [3.63, 3.8) is 0 Å². The molecule has 6 nitrogen and oxygen atoms in total. The number of ether oxygens (including phenoxy) is 2. The quantitative estimate of drug-likeness (QED) is 0.549. The van der Waals surface area contributed by atoms with Crippen molar-refractivity contribution in [2.24, 2.45) is 0 Å². The molecule has 3 aromatic carbocycles. The highest BCUT2D eigenvalue weighted by molar-refractivity contribution is 6.05.